The lowest BCUT2D eigenvalue weighted by Gasteiger charge is -2.55. The van der Waals surface area contributed by atoms with Crippen molar-refractivity contribution in [3.8, 4) is 0 Å². The van der Waals surface area contributed by atoms with Gasteiger partial charge in [0.05, 0.1) is 0 Å². The van der Waals surface area contributed by atoms with Gasteiger partial charge in [-0.2, -0.15) is 0 Å². The van der Waals surface area contributed by atoms with Crippen LogP contribution in [0.1, 0.15) is 116 Å². The van der Waals surface area contributed by atoms with Crippen molar-refractivity contribution in [2.45, 2.75) is 116 Å². The molecule has 8 fully saturated rings. The average molecular weight is 469 g/mol. The molecular weight excluding hydrogens is 420 g/mol. The topological polar surface area (TPSA) is 58.2 Å². The van der Waals surface area contributed by atoms with Crippen molar-refractivity contribution < 1.29 is 9.59 Å². The Bertz CT molecular complexity index is 639. The molecule has 4 nitrogen and oxygen atoms in total. The summed E-state index contributed by atoms with van der Waals surface area (Å²) in [6.45, 7) is 1.73. The lowest BCUT2D eigenvalue weighted by molar-refractivity contribution is -0.146. The maximum Gasteiger partial charge on any atom is 0.226 e. The fourth-order valence-electron chi connectivity index (χ4n) is 10.5. The molecule has 0 aromatic rings. The van der Waals surface area contributed by atoms with Crippen molar-refractivity contribution in [3.05, 3.63) is 0 Å². The predicted molar refractivity (Wildman–Crippen MR) is 135 cm³/mol. The summed E-state index contributed by atoms with van der Waals surface area (Å²) in [5.41, 5.74) is 0.0186. The van der Waals surface area contributed by atoms with Gasteiger partial charge in [0.15, 0.2) is 0 Å². The fourth-order valence-corrected chi connectivity index (χ4v) is 10.5. The Morgan fingerprint density at radius 2 is 0.735 bits per heavy atom. The van der Waals surface area contributed by atoms with Crippen LogP contribution in [0.2, 0.25) is 0 Å². The predicted octanol–water partition coefficient (Wildman–Crippen LogP) is 5.99. The summed E-state index contributed by atoms with van der Waals surface area (Å²) < 4.78 is 0. The highest BCUT2D eigenvalue weighted by Gasteiger charge is 2.55. The molecule has 0 aliphatic heterocycles. The first-order chi connectivity index (χ1) is 16.5. The Labute approximate surface area is 207 Å². The van der Waals surface area contributed by atoms with Gasteiger partial charge in [0.2, 0.25) is 11.8 Å². The third kappa shape index (κ3) is 4.57. The highest BCUT2D eigenvalue weighted by Crippen LogP contribution is 2.61. The molecule has 0 spiro atoms. The summed E-state index contributed by atoms with van der Waals surface area (Å²) in [5, 5.41) is 6.66. The van der Waals surface area contributed by atoms with Gasteiger partial charge in [-0.3, -0.25) is 9.59 Å². The zero-order valence-corrected chi connectivity index (χ0v) is 21.4. The molecule has 0 aromatic heterocycles. The molecule has 190 valence electrons. The monoisotopic (exact) mass is 468 g/mol. The van der Waals surface area contributed by atoms with Crippen molar-refractivity contribution >= 4 is 11.8 Å². The third-order valence-electron chi connectivity index (χ3n) is 11.2. The maximum absolute atomic E-state index is 13.0. The fraction of sp³-hybridized carbons (Fsp3) is 0.933. The number of carbonyl (C=O) groups excluding carboxylic acids is 2. The van der Waals surface area contributed by atoms with Crippen LogP contribution in [0.25, 0.3) is 0 Å². The van der Waals surface area contributed by atoms with Crippen LogP contribution in [0.4, 0.5) is 0 Å². The largest absolute Gasteiger partial charge is 0.356 e. The summed E-state index contributed by atoms with van der Waals surface area (Å²) in [6, 6.07) is 0. The van der Waals surface area contributed by atoms with Crippen molar-refractivity contribution in [2.24, 2.45) is 46.3 Å². The van der Waals surface area contributed by atoms with E-state index in [-0.39, 0.29) is 10.8 Å². The van der Waals surface area contributed by atoms with Crippen LogP contribution in [-0.2, 0) is 9.59 Å². The molecule has 8 saturated carbocycles. The molecule has 8 bridgehead atoms. The van der Waals surface area contributed by atoms with Crippen molar-refractivity contribution in [2.75, 3.05) is 13.1 Å². The highest BCUT2D eigenvalue weighted by atomic mass is 16.2. The summed E-state index contributed by atoms with van der Waals surface area (Å²) in [4.78, 5) is 26.0. The normalized spacial score (nSPS) is 43.3. The van der Waals surface area contributed by atoms with E-state index in [1.54, 1.807) is 0 Å². The van der Waals surface area contributed by atoms with Gasteiger partial charge in [0, 0.05) is 23.9 Å². The smallest absolute Gasteiger partial charge is 0.226 e. The van der Waals surface area contributed by atoms with Crippen LogP contribution >= 0.6 is 0 Å². The lowest BCUT2D eigenvalue weighted by atomic mass is 9.49. The van der Waals surface area contributed by atoms with Crippen LogP contribution in [0.15, 0.2) is 0 Å². The van der Waals surface area contributed by atoms with Gasteiger partial charge < -0.3 is 10.6 Å². The van der Waals surface area contributed by atoms with Gasteiger partial charge in [0.25, 0.3) is 0 Å². The van der Waals surface area contributed by atoms with Crippen molar-refractivity contribution in [1.82, 2.24) is 10.6 Å². The van der Waals surface area contributed by atoms with E-state index < -0.39 is 0 Å². The molecular formula is C30H48N2O2. The first-order valence-electron chi connectivity index (χ1n) is 15.1. The lowest BCUT2D eigenvalue weighted by Crippen LogP contribution is -2.53. The Kier molecular flexibility index (Phi) is 6.48. The second kappa shape index (κ2) is 9.43. The number of amides is 2. The van der Waals surface area contributed by atoms with E-state index in [4.69, 9.17) is 0 Å². The zero-order valence-electron chi connectivity index (χ0n) is 21.4. The van der Waals surface area contributed by atoms with E-state index in [1.807, 2.05) is 0 Å². The van der Waals surface area contributed by atoms with Gasteiger partial charge in [-0.15, -0.1) is 0 Å². The SMILES string of the molecule is O=C(NCCCCCCCCNC(=O)C12CC3CC(CC(C3)C1)C2)C12CC3CC(CC(C3)C1)C2. The Balaban J connectivity index is 0.809. The second-order valence-electron chi connectivity index (χ2n) is 14.0. The van der Waals surface area contributed by atoms with E-state index >= 15 is 0 Å². The highest BCUT2D eigenvalue weighted by molar-refractivity contribution is 5.83. The molecule has 2 N–H and O–H groups in total. The van der Waals surface area contributed by atoms with Gasteiger partial charge in [0.1, 0.15) is 0 Å². The first kappa shape index (κ1) is 23.3. The molecule has 8 aliphatic rings. The molecule has 34 heavy (non-hydrogen) atoms. The first-order valence-corrected chi connectivity index (χ1v) is 15.1. The van der Waals surface area contributed by atoms with Crippen LogP contribution in [0, 0.1) is 46.3 Å². The minimum absolute atomic E-state index is 0.00928. The second-order valence-corrected chi connectivity index (χ2v) is 14.0. The van der Waals surface area contributed by atoms with Crippen LogP contribution in [0.3, 0.4) is 0 Å². The van der Waals surface area contributed by atoms with Crippen molar-refractivity contribution in [1.29, 1.82) is 0 Å². The van der Waals surface area contributed by atoms with Gasteiger partial charge in [-0.25, -0.2) is 0 Å². The molecule has 2 amide bonds. The maximum atomic E-state index is 13.0. The number of rotatable bonds is 11. The Morgan fingerprint density at radius 3 is 1.03 bits per heavy atom. The van der Waals surface area contributed by atoms with E-state index in [0.29, 0.717) is 11.8 Å². The van der Waals surface area contributed by atoms with Crippen molar-refractivity contribution in [3.63, 3.8) is 0 Å². The van der Waals surface area contributed by atoms with E-state index in [9.17, 15) is 9.59 Å². The van der Waals surface area contributed by atoms with Crippen LogP contribution in [0.5, 0.6) is 0 Å². The van der Waals surface area contributed by atoms with Gasteiger partial charge in [-0.1, -0.05) is 25.7 Å². The molecule has 0 saturated heterocycles. The van der Waals surface area contributed by atoms with E-state index in [0.717, 1.165) is 61.4 Å². The molecule has 0 heterocycles. The summed E-state index contributed by atoms with van der Waals surface area (Å²) in [5.74, 6) is 5.83. The number of unbranched alkanes of at least 4 members (excludes halogenated alkanes) is 5. The molecule has 4 heteroatoms. The molecule has 0 unspecified atom stereocenters. The van der Waals surface area contributed by atoms with Crippen LogP contribution < -0.4 is 10.6 Å². The Morgan fingerprint density at radius 1 is 0.471 bits per heavy atom. The van der Waals surface area contributed by atoms with E-state index in [2.05, 4.69) is 10.6 Å². The standard InChI is InChI=1S/C30H48N2O2/c33-27(29-15-21-9-22(16-29)11-23(10-21)17-29)31-7-5-3-1-2-4-6-8-32-28(34)30-18-24-12-25(19-30)14-26(13-24)20-30/h21-26H,1-20H2,(H,31,33)(H,32,34). The molecule has 0 radical (unpaired) electrons. The number of nitrogens with one attached hydrogen (secondary N) is 2. The van der Waals surface area contributed by atoms with Crippen LogP contribution in [-0.4, -0.2) is 24.9 Å². The van der Waals surface area contributed by atoms with Gasteiger partial charge >= 0.3 is 0 Å². The van der Waals surface area contributed by atoms with E-state index in [1.165, 1.54) is 103 Å². The summed E-state index contributed by atoms with van der Waals surface area (Å²) >= 11 is 0. The quantitative estimate of drug-likeness (QED) is 0.366. The molecule has 8 rings (SSSR count). The zero-order chi connectivity index (χ0) is 23.2. The number of carbonyl (C=O) groups is 2. The minimum Gasteiger partial charge on any atom is -0.356 e. The third-order valence-corrected chi connectivity index (χ3v) is 11.2. The Hall–Kier alpha value is -1.06. The number of hydrogen-bond acceptors (Lipinski definition) is 2. The van der Waals surface area contributed by atoms with Gasteiger partial charge in [-0.05, 0) is 125 Å². The average Bonchev–Trinajstić information content (AvgIpc) is 2.78. The molecule has 0 aromatic carbocycles. The summed E-state index contributed by atoms with van der Waals surface area (Å²) in [6.07, 6.45) is 22.6. The minimum atomic E-state index is 0.00928. The number of hydrogen-bond donors (Lipinski definition) is 2. The molecule has 0 atom stereocenters. The molecule has 8 aliphatic carbocycles. The summed E-state index contributed by atoms with van der Waals surface area (Å²) in [7, 11) is 0.